The van der Waals surface area contributed by atoms with Crippen molar-refractivity contribution >= 4 is 17.8 Å². The maximum Gasteiger partial charge on any atom is 0.327 e. The van der Waals surface area contributed by atoms with Crippen LogP contribution in [0.2, 0.25) is 0 Å². The third-order valence-corrected chi connectivity index (χ3v) is 5.68. The molecule has 1 saturated heterocycles. The fourth-order valence-corrected chi connectivity index (χ4v) is 3.89. The molecular formula is C23H26N6O6. The van der Waals surface area contributed by atoms with Crippen molar-refractivity contribution < 1.29 is 28.8 Å². The van der Waals surface area contributed by atoms with Crippen LogP contribution in [0.1, 0.15) is 23.4 Å². The number of amides is 2. The molecule has 35 heavy (non-hydrogen) atoms. The Morgan fingerprint density at radius 1 is 1.26 bits per heavy atom. The molecule has 0 bridgehead atoms. The Labute approximate surface area is 200 Å². The van der Waals surface area contributed by atoms with E-state index in [0.29, 0.717) is 17.1 Å². The minimum Gasteiger partial charge on any atom is -0.468 e. The predicted octanol–water partition coefficient (Wildman–Crippen LogP) is 0.235. The summed E-state index contributed by atoms with van der Waals surface area (Å²) in [5.74, 6) is -0.643. The summed E-state index contributed by atoms with van der Waals surface area (Å²) in [6.07, 6.45) is 1.03. The van der Waals surface area contributed by atoms with Crippen molar-refractivity contribution in [1.82, 2.24) is 30.4 Å². The van der Waals surface area contributed by atoms with Crippen LogP contribution in [0.25, 0.3) is 11.3 Å². The SMILES string of the molecule is COC(=O)Cn1cc(-c2ccc(CNC(=O)C3CC(O)CN3C(=O)Cc3cc(C)no3)cc2)nn1. The molecule has 1 aromatic carbocycles. The van der Waals surface area contributed by atoms with E-state index in [-0.39, 0.29) is 44.3 Å². The highest BCUT2D eigenvalue weighted by molar-refractivity contribution is 5.89. The number of hydrogen-bond donors (Lipinski definition) is 2. The number of carbonyl (C=O) groups is 3. The molecule has 1 aliphatic heterocycles. The molecule has 2 aromatic heterocycles. The van der Waals surface area contributed by atoms with Crippen LogP contribution in [0, 0.1) is 6.92 Å². The molecule has 0 aliphatic carbocycles. The number of nitrogens with one attached hydrogen (secondary N) is 1. The van der Waals surface area contributed by atoms with Gasteiger partial charge >= 0.3 is 5.97 Å². The molecule has 2 atom stereocenters. The summed E-state index contributed by atoms with van der Waals surface area (Å²) in [5.41, 5.74) is 2.91. The van der Waals surface area contributed by atoms with E-state index in [1.807, 2.05) is 24.3 Å². The number of rotatable bonds is 8. The van der Waals surface area contributed by atoms with Gasteiger partial charge in [0.25, 0.3) is 0 Å². The summed E-state index contributed by atoms with van der Waals surface area (Å²) in [7, 11) is 1.31. The van der Waals surface area contributed by atoms with Gasteiger partial charge < -0.3 is 24.6 Å². The van der Waals surface area contributed by atoms with Gasteiger partial charge in [-0.2, -0.15) is 0 Å². The summed E-state index contributed by atoms with van der Waals surface area (Å²) in [4.78, 5) is 38.3. The molecular weight excluding hydrogens is 456 g/mol. The molecule has 2 unspecified atom stereocenters. The van der Waals surface area contributed by atoms with Gasteiger partial charge in [-0.25, -0.2) is 4.68 Å². The molecule has 3 heterocycles. The highest BCUT2D eigenvalue weighted by Crippen LogP contribution is 2.21. The van der Waals surface area contributed by atoms with Crippen LogP contribution in [0.15, 0.2) is 41.1 Å². The molecule has 3 aromatic rings. The van der Waals surface area contributed by atoms with Crippen molar-refractivity contribution in [1.29, 1.82) is 0 Å². The lowest BCUT2D eigenvalue weighted by Crippen LogP contribution is -2.46. The van der Waals surface area contributed by atoms with Crippen molar-refractivity contribution in [3.63, 3.8) is 0 Å². The van der Waals surface area contributed by atoms with E-state index in [1.165, 1.54) is 16.7 Å². The van der Waals surface area contributed by atoms with E-state index >= 15 is 0 Å². The van der Waals surface area contributed by atoms with Gasteiger partial charge in [0, 0.05) is 31.1 Å². The highest BCUT2D eigenvalue weighted by Gasteiger charge is 2.38. The van der Waals surface area contributed by atoms with Gasteiger partial charge in [-0.3, -0.25) is 14.4 Å². The standard InChI is InChI=1S/C23H26N6O6/c1-14-7-18(35-26-14)9-21(31)29-11-17(30)8-20(29)23(33)24-10-15-3-5-16(6-4-15)19-12-28(27-25-19)13-22(32)34-2/h3-7,12,17,20,30H,8-11,13H2,1-2H3,(H,24,33). The molecule has 2 N–H and O–H groups in total. The summed E-state index contributed by atoms with van der Waals surface area (Å²) in [6, 6.07) is 8.26. The van der Waals surface area contributed by atoms with E-state index in [4.69, 9.17) is 4.52 Å². The molecule has 1 fully saturated rings. The number of likely N-dealkylation sites (tertiary alicyclic amines) is 1. The Hall–Kier alpha value is -4.06. The first-order chi connectivity index (χ1) is 16.8. The zero-order chi connectivity index (χ0) is 24.9. The number of hydrogen-bond acceptors (Lipinski definition) is 9. The van der Waals surface area contributed by atoms with Gasteiger partial charge in [-0.15, -0.1) is 5.10 Å². The first-order valence-electron chi connectivity index (χ1n) is 11.1. The van der Waals surface area contributed by atoms with Crippen molar-refractivity contribution in [2.24, 2.45) is 0 Å². The number of benzene rings is 1. The van der Waals surface area contributed by atoms with Crippen LogP contribution in [0.4, 0.5) is 0 Å². The van der Waals surface area contributed by atoms with Crippen LogP contribution in [0.3, 0.4) is 0 Å². The largest absolute Gasteiger partial charge is 0.468 e. The lowest BCUT2D eigenvalue weighted by Gasteiger charge is -2.23. The maximum atomic E-state index is 12.8. The molecule has 0 spiro atoms. The topological polar surface area (TPSA) is 153 Å². The molecule has 4 rings (SSSR count). The summed E-state index contributed by atoms with van der Waals surface area (Å²) < 4.78 is 11.1. The third kappa shape index (κ3) is 5.90. The lowest BCUT2D eigenvalue weighted by molar-refractivity contribution is -0.141. The van der Waals surface area contributed by atoms with E-state index in [9.17, 15) is 19.5 Å². The van der Waals surface area contributed by atoms with Crippen molar-refractivity contribution in [2.45, 2.75) is 45.0 Å². The number of aliphatic hydroxyl groups is 1. The van der Waals surface area contributed by atoms with E-state index in [1.54, 1.807) is 19.2 Å². The van der Waals surface area contributed by atoms with Gasteiger partial charge in [0.15, 0.2) is 0 Å². The normalized spacial score (nSPS) is 17.4. The fourth-order valence-electron chi connectivity index (χ4n) is 3.89. The Balaban J connectivity index is 1.33. The summed E-state index contributed by atoms with van der Waals surface area (Å²) in [5, 5.41) is 24.7. The molecule has 0 saturated carbocycles. The Kier molecular flexibility index (Phi) is 7.20. The zero-order valence-electron chi connectivity index (χ0n) is 19.4. The minimum atomic E-state index is -0.766. The molecule has 12 heteroatoms. The monoisotopic (exact) mass is 482 g/mol. The van der Waals surface area contributed by atoms with Crippen LogP contribution >= 0.6 is 0 Å². The number of aryl methyl sites for hydroxylation is 1. The van der Waals surface area contributed by atoms with Gasteiger partial charge in [-0.1, -0.05) is 34.6 Å². The van der Waals surface area contributed by atoms with E-state index in [0.717, 1.165) is 11.1 Å². The number of methoxy groups -OCH3 is 1. The van der Waals surface area contributed by atoms with Crippen molar-refractivity contribution in [2.75, 3.05) is 13.7 Å². The summed E-state index contributed by atoms with van der Waals surface area (Å²) in [6.45, 7) is 2.08. The molecule has 2 amide bonds. The van der Waals surface area contributed by atoms with Gasteiger partial charge in [-0.05, 0) is 12.5 Å². The van der Waals surface area contributed by atoms with Crippen LogP contribution in [-0.4, -0.2) is 73.7 Å². The maximum absolute atomic E-state index is 12.8. The van der Waals surface area contributed by atoms with Crippen LogP contribution < -0.4 is 5.32 Å². The average Bonchev–Trinajstić information content (AvgIpc) is 3.58. The number of nitrogens with zero attached hydrogens (tertiary/aromatic N) is 5. The zero-order valence-corrected chi connectivity index (χ0v) is 19.4. The first-order valence-corrected chi connectivity index (χ1v) is 11.1. The van der Waals surface area contributed by atoms with Gasteiger partial charge in [0.05, 0.1) is 31.5 Å². The second-order valence-corrected chi connectivity index (χ2v) is 8.36. The molecule has 0 radical (unpaired) electrons. The number of carbonyl (C=O) groups excluding carboxylic acids is 3. The highest BCUT2D eigenvalue weighted by atomic mass is 16.5. The molecule has 1 aliphatic rings. The number of β-amino-alcohol motifs (C(OH)–C–C–N with tert-alkyl or cyclic N) is 1. The number of aromatic nitrogens is 4. The predicted molar refractivity (Wildman–Crippen MR) is 120 cm³/mol. The summed E-state index contributed by atoms with van der Waals surface area (Å²) >= 11 is 0. The fraction of sp³-hybridized carbons (Fsp3) is 0.391. The number of esters is 1. The number of aliphatic hydroxyl groups excluding tert-OH is 1. The van der Waals surface area contributed by atoms with Crippen LogP contribution in [0.5, 0.6) is 0 Å². The van der Waals surface area contributed by atoms with Crippen molar-refractivity contribution in [3.05, 3.63) is 53.5 Å². The second-order valence-electron chi connectivity index (χ2n) is 8.36. The Morgan fingerprint density at radius 3 is 2.71 bits per heavy atom. The minimum absolute atomic E-state index is 0.0248. The second kappa shape index (κ2) is 10.5. The Bertz CT molecular complexity index is 1200. The smallest absolute Gasteiger partial charge is 0.327 e. The van der Waals surface area contributed by atoms with E-state index in [2.05, 4.69) is 25.5 Å². The van der Waals surface area contributed by atoms with Gasteiger partial charge in [0.2, 0.25) is 11.8 Å². The average molecular weight is 482 g/mol. The third-order valence-electron chi connectivity index (χ3n) is 5.68. The Morgan fingerprint density at radius 2 is 2.03 bits per heavy atom. The number of ether oxygens (including phenoxy) is 1. The first kappa shape index (κ1) is 24.1. The van der Waals surface area contributed by atoms with Crippen molar-refractivity contribution in [3.8, 4) is 11.3 Å². The molecule has 184 valence electrons. The van der Waals surface area contributed by atoms with E-state index < -0.39 is 18.1 Å². The van der Waals surface area contributed by atoms with Crippen LogP contribution in [-0.2, 0) is 38.6 Å². The molecule has 12 nitrogen and oxygen atoms in total. The quantitative estimate of drug-likeness (QED) is 0.430. The lowest BCUT2D eigenvalue weighted by atomic mass is 10.1. The van der Waals surface area contributed by atoms with Gasteiger partial charge in [0.1, 0.15) is 24.0 Å².